The van der Waals surface area contributed by atoms with E-state index in [0.29, 0.717) is 0 Å². The van der Waals surface area contributed by atoms with E-state index in [4.69, 9.17) is 0 Å². The molecule has 0 radical (unpaired) electrons. The third-order valence-electron chi connectivity index (χ3n) is 33.2. The molecule has 19 aromatic rings. The van der Waals surface area contributed by atoms with Crippen molar-refractivity contribution in [3.05, 3.63) is 468 Å². The van der Waals surface area contributed by atoms with E-state index in [1.54, 1.807) is 0 Å². The van der Waals surface area contributed by atoms with Crippen molar-refractivity contribution in [2.45, 2.75) is 189 Å². The number of para-hydroxylation sites is 2. The Hall–Kier alpha value is -15.5. The second-order valence-corrected chi connectivity index (χ2v) is 50.0. The van der Waals surface area contributed by atoms with E-state index in [0.717, 1.165) is 124 Å². The van der Waals surface area contributed by atoms with Crippen molar-refractivity contribution in [2.75, 3.05) is 19.6 Å². The maximum atomic E-state index is 2.81. The first-order valence-corrected chi connectivity index (χ1v) is 53.8. The van der Waals surface area contributed by atoms with Crippen LogP contribution in [-0.2, 0) is 43.3 Å². The molecule has 2 aliphatic carbocycles. The normalized spacial score (nSPS) is 14.0. The van der Waals surface area contributed by atoms with E-state index in [1.165, 1.54) is 138 Å². The van der Waals surface area contributed by atoms with Crippen molar-refractivity contribution in [2.24, 2.45) is 0 Å². The molecular weight excluding hydrogens is 1800 g/mol. The highest BCUT2D eigenvalue weighted by Gasteiger charge is 2.55. The molecule has 0 amide bonds. The molecule has 728 valence electrons. The van der Waals surface area contributed by atoms with E-state index in [-0.39, 0.29) is 51.3 Å². The molecule has 0 unspecified atom stereocenters. The van der Waals surface area contributed by atoms with Crippen molar-refractivity contribution in [1.29, 1.82) is 0 Å². The number of benzene rings is 19. The van der Waals surface area contributed by atoms with Crippen LogP contribution in [0.25, 0.3) is 100 Å². The minimum atomic E-state index is -0.705. The van der Waals surface area contributed by atoms with Crippen LogP contribution in [0, 0.1) is 0 Å². The molecule has 0 bridgehead atoms. The first-order valence-electron chi connectivity index (χ1n) is 53.8. The summed E-state index contributed by atoms with van der Waals surface area (Å²) in [5, 5.41) is 0. The van der Waals surface area contributed by atoms with Gasteiger partial charge in [-0.1, -0.05) is 461 Å². The van der Waals surface area contributed by atoms with Gasteiger partial charge in [-0.3, -0.25) is 0 Å². The Labute approximate surface area is 884 Å². The Morgan fingerprint density at radius 2 is 0.463 bits per heavy atom. The van der Waals surface area contributed by atoms with Gasteiger partial charge in [-0.15, -0.1) is 0 Å². The number of anilines is 12. The van der Waals surface area contributed by atoms with Gasteiger partial charge in [0.05, 0.1) is 22.5 Å². The van der Waals surface area contributed by atoms with Crippen LogP contribution in [0.4, 0.5) is 68.2 Å². The van der Waals surface area contributed by atoms with Crippen molar-refractivity contribution in [1.82, 2.24) is 0 Å². The van der Waals surface area contributed by atoms with Crippen LogP contribution in [0.3, 0.4) is 0 Å². The van der Waals surface area contributed by atoms with Gasteiger partial charge in [0, 0.05) is 79.0 Å². The zero-order valence-electron chi connectivity index (χ0n) is 90.1. The fourth-order valence-electron chi connectivity index (χ4n) is 25.4. The molecule has 0 saturated carbocycles. The maximum absolute atomic E-state index is 2.81. The Balaban J connectivity index is 0.879. The lowest BCUT2D eigenvalue weighted by Crippen LogP contribution is -2.65. The van der Waals surface area contributed by atoms with Gasteiger partial charge in [0.1, 0.15) is 0 Å². The van der Waals surface area contributed by atoms with Gasteiger partial charge in [0.25, 0.3) is 13.4 Å². The Bertz CT molecular complexity index is 8430. The summed E-state index contributed by atoms with van der Waals surface area (Å²) >= 11 is 0. The number of nitrogens with zero attached hydrogens (tertiary/aromatic N) is 4. The number of rotatable bonds is 11. The van der Waals surface area contributed by atoms with Crippen molar-refractivity contribution < 1.29 is 0 Å². The second-order valence-electron chi connectivity index (χ2n) is 50.0. The summed E-state index contributed by atoms with van der Waals surface area (Å²) in [5.41, 5.74) is 53.9. The molecular formula is C143H130B2N4. The topological polar surface area (TPSA) is 13.0 Å². The molecule has 4 nitrogen and oxygen atoms in total. The van der Waals surface area contributed by atoms with Gasteiger partial charge in [0.2, 0.25) is 0 Å². The summed E-state index contributed by atoms with van der Waals surface area (Å²) in [7, 11) is 0. The molecule has 0 fully saturated rings. The fraction of sp³-hybridized carbons (Fsp3) is 0.203. The summed E-state index contributed by atoms with van der Waals surface area (Å²) in [6, 6.07) is 160. The molecule has 0 saturated heterocycles. The van der Waals surface area contributed by atoms with Crippen LogP contribution >= 0.6 is 0 Å². The minimum Gasteiger partial charge on any atom is -0.311 e. The largest absolute Gasteiger partial charge is 0.311 e. The standard InChI is InChI=1S/C143H130B2N4/c1-136(2,3)97-70-71-122(110(82-97)89-48-27-22-28-49-89)147-126-88-125-120(87-121(126)145-119-67-44-45-68-123(119)148(129-75-95(74-128(147)133(129)145)94-72-98(137(4,5)6)78-99(73-94)138(7,8)9)134-111(90-50-29-23-30-51-90)83-102(141(16,17)18)84-112(134)91-52-31-24-32-53-91)144-118-66-43-46-69-124(118)149(135-113(92-54-33-25-34-55-92)85-103(142(19,20)21)86-114(135)93-56-35-26-36-57-93)130-77-96(76-127(132(130)144)146(125)104-80-100(139(10,11)12)79-101(81-104)140(13,14)15)105-61-47-62-109-108-60-39-42-65-117(108)143(131(105)109)115-63-40-37-58-106(115)107-59-38-41-64-116(107)143/h22-88H,1-21H3. The first kappa shape index (κ1) is 94.5. The molecule has 0 aromatic heterocycles. The van der Waals surface area contributed by atoms with E-state index in [1.807, 2.05) is 0 Å². The lowest BCUT2D eigenvalue weighted by atomic mass is 9.30. The summed E-state index contributed by atoms with van der Waals surface area (Å²) in [6.45, 7) is 49.5. The Morgan fingerprint density at radius 3 is 0.859 bits per heavy atom. The van der Waals surface area contributed by atoms with Crippen molar-refractivity contribution in [3.63, 3.8) is 0 Å². The average Bonchev–Trinajstić information content (AvgIpc) is 1.35. The van der Waals surface area contributed by atoms with Crippen LogP contribution in [0.5, 0.6) is 0 Å². The van der Waals surface area contributed by atoms with Crippen LogP contribution < -0.4 is 52.4 Å². The smallest absolute Gasteiger partial charge is 0.252 e. The predicted octanol–water partition coefficient (Wildman–Crippen LogP) is 34.9. The van der Waals surface area contributed by atoms with Gasteiger partial charge in [-0.25, -0.2) is 0 Å². The molecule has 4 heterocycles. The van der Waals surface area contributed by atoms with Crippen LogP contribution in [-0.4, -0.2) is 13.4 Å². The first-order chi connectivity index (χ1) is 71.4. The van der Waals surface area contributed by atoms with Crippen LogP contribution in [0.15, 0.2) is 406 Å². The van der Waals surface area contributed by atoms with Gasteiger partial charge >= 0.3 is 0 Å². The predicted molar refractivity (Wildman–Crippen MR) is 640 cm³/mol. The summed E-state index contributed by atoms with van der Waals surface area (Å²) in [4.78, 5) is 11.1. The third kappa shape index (κ3) is 15.3. The highest BCUT2D eigenvalue weighted by Crippen LogP contribution is 2.66. The molecule has 149 heavy (non-hydrogen) atoms. The highest BCUT2D eigenvalue weighted by atomic mass is 15.2. The summed E-state index contributed by atoms with van der Waals surface area (Å²) < 4.78 is 0. The molecule has 0 N–H and O–H groups in total. The van der Waals surface area contributed by atoms with Gasteiger partial charge in [0.15, 0.2) is 0 Å². The zero-order chi connectivity index (χ0) is 103. The third-order valence-corrected chi connectivity index (χ3v) is 33.2. The molecule has 6 aliphatic rings. The zero-order valence-corrected chi connectivity index (χ0v) is 90.1. The maximum Gasteiger partial charge on any atom is 0.252 e. The second kappa shape index (κ2) is 34.3. The summed E-state index contributed by atoms with van der Waals surface area (Å²) in [5.74, 6) is 0. The monoisotopic (exact) mass is 1930 g/mol. The molecule has 0 atom stereocenters. The van der Waals surface area contributed by atoms with Gasteiger partial charge < -0.3 is 19.6 Å². The lowest BCUT2D eigenvalue weighted by molar-refractivity contribution is 0.568. The van der Waals surface area contributed by atoms with Crippen molar-refractivity contribution >= 4 is 114 Å². The van der Waals surface area contributed by atoms with E-state index < -0.39 is 5.41 Å². The summed E-state index contributed by atoms with van der Waals surface area (Å²) in [6.07, 6.45) is 0. The average molecular weight is 1930 g/mol. The molecule has 25 rings (SSSR count). The van der Waals surface area contributed by atoms with Crippen LogP contribution in [0.2, 0.25) is 0 Å². The van der Waals surface area contributed by atoms with Gasteiger partial charge in [-0.2, -0.15) is 0 Å². The van der Waals surface area contributed by atoms with Gasteiger partial charge in [-0.05, 0) is 295 Å². The number of fused-ring (bicyclic) bond motifs is 18. The minimum absolute atomic E-state index is 0.206. The lowest BCUT2D eigenvalue weighted by Gasteiger charge is -2.48. The Kier molecular flexibility index (Phi) is 21.7. The SMILES string of the molecule is CC(C)(C)c1cc(-c2cc3c4c(c2)N(c2c(-c5ccccc5)cc(C(C)(C)C)cc2-c2ccccc2)c2ccccc2B4c2cc4c(cc2N3c2ccc(C(C)(C)C)cc2-c2ccccc2)N(c2cc(C(C)(C)C)cc(C(C)(C)C)c2)c2cc(-c3cccc5c3C3(c6ccccc6-c6ccccc63)c3ccccc3-5)cc3c2B4c2ccccc2N3c2c(-c3ccccc3)cc(C(C)(C)C)cc2-c2ccccc2)cc(C(C)(C)C)c1. The van der Waals surface area contributed by atoms with E-state index >= 15 is 0 Å². The molecule has 19 aromatic carbocycles. The highest BCUT2D eigenvalue weighted by molar-refractivity contribution is 7.03. The fourth-order valence-corrected chi connectivity index (χ4v) is 25.4. The van der Waals surface area contributed by atoms with E-state index in [9.17, 15) is 0 Å². The van der Waals surface area contributed by atoms with E-state index in [2.05, 4.69) is 571 Å². The van der Waals surface area contributed by atoms with Crippen LogP contribution in [0.1, 0.15) is 207 Å². The number of hydrogen-bond donors (Lipinski definition) is 0. The Morgan fingerprint density at radius 1 is 0.168 bits per heavy atom. The quantitative estimate of drug-likeness (QED) is 0.120. The molecule has 6 heteroatoms. The van der Waals surface area contributed by atoms with Crippen molar-refractivity contribution in [3.8, 4) is 100 Å². The molecule has 1 spiro atoms. The molecule has 4 aliphatic heterocycles. The number of hydrogen-bond acceptors (Lipinski definition) is 4.